The number of fused-ring (bicyclic) bond motifs is 15. The largest absolute Gasteiger partial charge is 0.310 e. The van der Waals surface area contributed by atoms with Gasteiger partial charge < -0.3 is 9.80 Å². The number of anilines is 6. The van der Waals surface area contributed by atoms with Crippen molar-refractivity contribution in [3.05, 3.63) is 275 Å². The summed E-state index contributed by atoms with van der Waals surface area (Å²) < 4.78 is 0. The van der Waals surface area contributed by atoms with Gasteiger partial charge in [0.1, 0.15) is 0 Å². The van der Waals surface area contributed by atoms with E-state index in [9.17, 15) is 0 Å². The van der Waals surface area contributed by atoms with Crippen molar-refractivity contribution in [3.63, 3.8) is 0 Å². The molecule has 0 atom stereocenters. The van der Waals surface area contributed by atoms with E-state index in [1.807, 2.05) is 0 Å². The lowest BCUT2D eigenvalue weighted by Gasteiger charge is -2.45. The van der Waals surface area contributed by atoms with Crippen LogP contribution in [0.4, 0.5) is 34.1 Å². The van der Waals surface area contributed by atoms with E-state index in [0.717, 1.165) is 17.1 Å². The molecule has 0 N–H and O–H groups in total. The molecule has 0 unspecified atom stereocenters. The van der Waals surface area contributed by atoms with Crippen molar-refractivity contribution in [1.29, 1.82) is 0 Å². The summed E-state index contributed by atoms with van der Waals surface area (Å²) in [5.74, 6) is 0. The van der Waals surface area contributed by atoms with Gasteiger partial charge in [-0.1, -0.05) is 210 Å². The second kappa shape index (κ2) is 14.4. The van der Waals surface area contributed by atoms with E-state index in [4.69, 9.17) is 0 Å². The molecule has 0 bridgehead atoms. The molecule has 0 aromatic heterocycles. The molecule has 328 valence electrons. The smallest absolute Gasteiger partial charge is 0.0760 e. The Kier molecular flexibility index (Phi) is 8.33. The minimum atomic E-state index is -0.626. The Morgan fingerprint density at radius 3 is 1.41 bits per heavy atom. The van der Waals surface area contributed by atoms with Gasteiger partial charge in [0.2, 0.25) is 0 Å². The van der Waals surface area contributed by atoms with Crippen molar-refractivity contribution in [2.45, 2.75) is 43.9 Å². The number of hydrogen-bond donors (Lipinski definition) is 0. The van der Waals surface area contributed by atoms with E-state index < -0.39 is 5.41 Å². The molecule has 0 fully saturated rings. The summed E-state index contributed by atoms with van der Waals surface area (Å²) in [6, 6.07) is 86.9. The molecule has 0 saturated carbocycles. The van der Waals surface area contributed by atoms with Crippen molar-refractivity contribution in [2.75, 3.05) is 9.80 Å². The van der Waals surface area contributed by atoms with E-state index >= 15 is 0 Å². The van der Waals surface area contributed by atoms with Gasteiger partial charge in [0.05, 0.1) is 28.2 Å². The summed E-state index contributed by atoms with van der Waals surface area (Å²) in [7, 11) is 0. The normalized spacial score (nSPS) is 15.3. The molecular weight excluding hydrogens is 833 g/mol. The molecule has 0 radical (unpaired) electrons. The Morgan fingerprint density at radius 2 is 0.739 bits per heavy atom. The summed E-state index contributed by atoms with van der Waals surface area (Å²) in [6.45, 7) is 9.57. The van der Waals surface area contributed by atoms with Crippen LogP contribution in [0.15, 0.2) is 231 Å². The maximum atomic E-state index is 2.60. The Morgan fingerprint density at radius 1 is 0.304 bits per heavy atom. The molecule has 10 aromatic rings. The van der Waals surface area contributed by atoms with Gasteiger partial charge in [-0.05, 0) is 132 Å². The molecule has 3 aliphatic carbocycles. The maximum Gasteiger partial charge on any atom is 0.0760 e. The Labute approximate surface area is 405 Å². The lowest BCUT2D eigenvalue weighted by Crippen LogP contribution is -2.36. The van der Waals surface area contributed by atoms with Crippen LogP contribution >= 0.6 is 0 Å². The summed E-state index contributed by atoms with van der Waals surface area (Å²) >= 11 is 0. The second-order valence-electron chi connectivity index (χ2n) is 20.4. The Bertz CT molecular complexity index is 3710. The van der Waals surface area contributed by atoms with Crippen LogP contribution in [0.25, 0.3) is 44.5 Å². The Balaban J connectivity index is 1.07. The van der Waals surface area contributed by atoms with Crippen molar-refractivity contribution in [2.24, 2.45) is 0 Å². The second-order valence-corrected chi connectivity index (χ2v) is 20.4. The fourth-order valence-electron chi connectivity index (χ4n) is 13.4. The number of para-hydroxylation sites is 4. The first-order valence-electron chi connectivity index (χ1n) is 24.4. The van der Waals surface area contributed by atoms with Gasteiger partial charge in [-0.3, -0.25) is 0 Å². The molecule has 1 heterocycles. The minimum absolute atomic E-state index is 0.110. The van der Waals surface area contributed by atoms with Gasteiger partial charge in [-0.15, -0.1) is 0 Å². The third-order valence-electron chi connectivity index (χ3n) is 16.2. The first kappa shape index (κ1) is 39.9. The first-order chi connectivity index (χ1) is 33.8. The quantitative estimate of drug-likeness (QED) is 0.170. The standard InChI is InChI=1S/C67H50N2/c1-65(2)53-31-12-9-26-47(53)52-42-44(40-41-55(52)65)69(62-39-21-30-50-45-24-8-13-32-54(45)66(3,4)64(50)62)59-36-17-11-27-48(59)51-29-20-28-49-46-25-10-14-33-56(46)67(63(49)51)57-34-15-18-37-60(57)68(43-22-6-5-7-23-43)61-38-19-16-35-58(61)67/h5-42H,1-4H3. The number of benzene rings is 10. The fraction of sp³-hybridized carbons (Fsp3) is 0.104. The van der Waals surface area contributed by atoms with E-state index in [-0.39, 0.29) is 10.8 Å². The highest BCUT2D eigenvalue weighted by Gasteiger charge is 2.53. The van der Waals surface area contributed by atoms with Crippen molar-refractivity contribution < 1.29 is 0 Å². The monoisotopic (exact) mass is 882 g/mol. The highest BCUT2D eigenvalue weighted by Crippen LogP contribution is 2.66. The topological polar surface area (TPSA) is 6.48 Å². The highest BCUT2D eigenvalue weighted by atomic mass is 15.2. The van der Waals surface area contributed by atoms with Crippen LogP contribution in [0.5, 0.6) is 0 Å². The van der Waals surface area contributed by atoms with E-state index in [0.29, 0.717) is 0 Å². The molecule has 69 heavy (non-hydrogen) atoms. The van der Waals surface area contributed by atoms with Crippen LogP contribution < -0.4 is 9.80 Å². The van der Waals surface area contributed by atoms with Gasteiger partial charge in [0, 0.05) is 27.8 Å². The summed E-state index contributed by atoms with van der Waals surface area (Å²) in [4.78, 5) is 5.07. The maximum absolute atomic E-state index is 2.60. The molecule has 2 heteroatoms. The van der Waals surface area contributed by atoms with Crippen LogP contribution in [0.3, 0.4) is 0 Å². The lowest BCUT2D eigenvalue weighted by atomic mass is 9.63. The molecule has 14 rings (SSSR count). The zero-order valence-corrected chi connectivity index (χ0v) is 39.3. The summed E-state index contributed by atoms with van der Waals surface area (Å²) in [5, 5.41) is 0. The van der Waals surface area contributed by atoms with Gasteiger partial charge in [0.15, 0.2) is 0 Å². The lowest BCUT2D eigenvalue weighted by molar-refractivity contribution is 0.660. The first-order valence-corrected chi connectivity index (χ1v) is 24.4. The molecule has 0 saturated heterocycles. The fourth-order valence-corrected chi connectivity index (χ4v) is 13.4. The predicted octanol–water partition coefficient (Wildman–Crippen LogP) is 17.6. The molecular formula is C67H50N2. The van der Waals surface area contributed by atoms with Crippen LogP contribution in [-0.4, -0.2) is 0 Å². The van der Waals surface area contributed by atoms with E-state index in [1.54, 1.807) is 0 Å². The number of hydrogen-bond acceptors (Lipinski definition) is 2. The average molecular weight is 883 g/mol. The average Bonchev–Trinajstić information content (AvgIpc) is 3.92. The molecule has 1 spiro atoms. The van der Waals surface area contributed by atoms with Gasteiger partial charge in [-0.2, -0.15) is 0 Å². The molecule has 4 aliphatic rings. The zero-order valence-electron chi connectivity index (χ0n) is 39.3. The van der Waals surface area contributed by atoms with E-state index in [1.165, 1.54) is 106 Å². The molecule has 10 aromatic carbocycles. The van der Waals surface area contributed by atoms with Crippen LogP contribution in [-0.2, 0) is 16.2 Å². The third-order valence-corrected chi connectivity index (χ3v) is 16.2. The van der Waals surface area contributed by atoms with Crippen molar-refractivity contribution in [3.8, 4) is 44.5 Å². The summed E-state index contributed by atoms with van der Waals surface area (Å²) in [5.41, 5.74) is 26.9. The molecule has 0 amide bonds. The predicted molar refractivity (Wildman–Crippen MR) is 287 cm³/mol. The highest BCUT2D eigenvalue weighted by molar-refractivity contribution is 6.02. The number of nitrogens with zero attached hydrogens (tertiary/aromatic N) is 2. The van der Waals surface area contributed by atoms with Crippen LogP contribution in [0, 0.1) is 0 Å². The van der Waals surface area contributed by atoms with Crippen LogP contribution in [0.1, 0.15) is 72.2 Å². The summed E-state index contributed by atoms with van der Waals surface area (Å²) in [6.07, 6.45) is 0. The zero-order chi connectivity index (χ0) is 46.2. The van der Waals surface area contributed by atoms with E-state index in [2.05, 4.69) is 268 Å². The molecule has 2 nitrogen and oxygen atoms in total. The van der Waals surface area contributed by atoms with Crippen molar-refractivity contribution >= 4 is 34.1 Å². The molecule has 1 aliphatic heterocycles. The SMILES string of the molecule is CC1(C)c2ccccc2-c2cc(N(c3ccccc3-c3cccc4c3C3(c5ccccc5-4)c4ccccc4N(c4ccccc4)c4ccccc43)c3cccc4c3C(C)(C)c3ccccc3-4)ccc21. The number of rotatable bonds is 5. The van der Waals surface area contributed by atoms with Crippen molar-refractivity contribution in [1.82, 2.24) is 0 Å². The minimum Gasteiger partial charge on any atom is -0.310 e. The van der Waals surface area contributed by atoms with Crippen LogP contribution in [0.2, 0.25) is 0 Å². The van der Waals surface area contributed by atoms with Gasteiger partial charge in [0.25, 0.3) is 0 Å². The third kappa shape index (κ3) is 5.26. The van der Waals surface area contributed by atoms with Gasteiger partial charge >= 0.3 is 0 Å². The Hall–Kier alpha value is -8.20. The van der Waals surface area contributed by atoms with Gasteiger partial charge in [-0.25, -0.2) is 0 Å².